The van der Waals surface area contributed by atoms with Gasteiger partial charge in [0.25, 0.3) is 0 Å². The summed E-state index contributed by atoms with van der Waals surface area (Å²) in [5.41, 5.74) is 5.72. The molecule has 0 amide bonds. The summed E-state index contributed by atoms with van der Waals surface area (Å²) in [5.74, 6) is 0.0681. The van der Waals surface area contributed by atoms with Gasteiger partial charge in [0, 0.05) is 20.2 Å². The van der Waals surface area contributed by atoms with E-state index in [9.17, 15) is 4.79 Å². The summed E-state index contributed by atoms with van der Waals surface area (Å²) in [6.07, 6.45) is 0. The smallest absolute Gasteiger partial charge is 0.343 e. The van der Waals surface area contributed by atoms with Gasteiger partial charge in [-0.05, 0) is 0 Å². The highest BCUT2D eigenvalue weighted by molar-refractivity contribution is 6.34. The van der Waals surface area contributed by atoms with Gasteiger partial charge in [0.05, 0.1) is 12.1 Å². The quantitative estimate of drug-likeness (QED) is 0.771. The first-order valence-corrected chi connectivity index (χ1v) is 4.56. The fourth-order valence-electron chi connectivity index (χ4n) is 1.05. The molecule has 6 heteroatoms. The highest BCUT2D eigenvalue weighted by atomic mass is 35.5. The highest BCUT2D eigenvalue weighted by Gasteiger charge is 2.17. The number of methoxy groups -OCH3 is 1. The average molecular weight is 230 g/mol. The van der Waals surface area contributed by atoms with E-state index in [0.717, 1.165) is 0 Å². The fraction of sp³-hybridized carbons (Fsp3) is 0.333. The van der Waals surface area contributed by atoms with Crippen LogP contribution in [0, 0.1) is 0 Å². The molecule has 0 aromatic carbocycles. The maximum atomic E-state index is 11.3. The van der Waals surface area contributed by atoms with Crippen LogP contribution in [0.1, 0.15) is 10.4 Å². The second kappa shape index (κ2) is 4.35. The molecule has 15 heavy (non-hydrogen) atoms. The van der Waals surface area contributed by atoms with Crippen molar-refractivity contribution in [2.75, 3.05) is 31.8 Å². The Hall–Kier alpha value is -1.49. The van der Waals surface area contributed by atoms with E-state index in [4.69, 9.17) is 17.3 Å². The first-order valence-electron chi connectivity index (χ1n) is 4.19. The summed E-state index contributed by atoms with van der Waals surface area (Å²) < 4.78 is 4.54. The molecule has 0 spiro atoms. The fourth-order valence-corrected chi connectivity index (χ4v) is 1.32. The third-order valence-corrected chi connectivity index (χ3v) is 2.13. The first kappa shape index (κ1) is 11.6. The molecule has 0 saturated heterocycles. The molecule has 0 aliphatic rings. The summed E-state index contributed by atoms with van der Waals surface area (Å²) in [7, 11) is 4.86. The van der Waals surface area contributed by atoms with Crippen LogP contribution in [0.5, 0.6) is 0 Å². The monoisotopic (exact) mass is 229 g/mol. The number of hydrogen-bond acceptors (Lipinski definition) is 5. The third kappa shape index (κ3) is 2.30. The lowest BCUT2D eigenvalue weighted by Gasteiger charge is -2.14. The Morgan fingerprint density at radius 2 is 2.20 bits per heavy atom. The van der Waals surface area contributed by atoms with Crippen molar-refractivity contribution in [2.45, 2.75) is 0 Å². The lowest BCUT2D eigenvalue weighted by atomic mass is 10.2. The van der Waals surface area contributed by atoms with E-state index in [1.165, 1.54) is 7.11 Å². The molecule has 0 bridgehead atoms. The summed E-state index contributed by atoms with van der Waals surface area (Å²) in [4.78, 5) is 17.1. The van der Waals surface area contributed by atoms with Gasteiger partial charge in [-0.2, -0.15) is 0 Å². The average Bonchev–Trinajstić information content (AvgIpc) is 2.16. The van der Waals surface area contributed by atoms with Crippen molar-refractivity contribution in [2.24, 2.45) is 0 Å². The number of pyridine rings is 1. The van der Waals surface area contributed by atoms with Crippen LogP contribution in [0.15, 0.2) is 6.07 Å². The molecule has 0 aliphatic heterocycles. The van der Waals surface area contributed by atoms with Crippen LogP contribution < -0.4 is 10.6 Å². The Balaban J connectivity index is 3.27. The molecule has 0 atom stereocenters. The van der Waals surface area contributed by atoms with Crippen LogP contribution in [0.4, 0.5) is 11.6 Å². The van der Waals surface area contributed by atoms with Crippen molar-refractivity contribution in [3.63, 3.8) is 0 Å². The molecule has 82 valence electrons. The molecule has 0 aliphatic carbocycles. The zero-order valence-corrected chi connectivity index (χ0v) is 9.50. The van der Waals surface area contributed by atoms with Crippen LogP contribution in [-0.4, -0.2) is 32.2 Å². The van der Waals surface area contributed by atoms with Gasteiger partial charge in [-0.1, -0.05) is 11.6 Å². The van der Waals surface area contributed by atoms with Gasteiger partial charge < -0.3 is 15.4 Å². The Bertz CT molecular complexity index is 370. The maximum Gasteiger partial charge on any atom is 0.343 e. The minimum absolute atomic E-state index is 0.0676. The topological polar surface area (TPSA) is 68.5 Å². The number of esters is 1. The lowest BCUT2D eigenvalue weighted by Crippen LogP contribution is -2.14. The summed E-state index contributed by atoms with van der Waals surface area (Å²) in [5, 5.41) is 0.234. The van der Waals surface area contributed by atoms with Crippen molar-refractivity contribution in [1.29, 1.82) is 0 Å². The van der Waals surface area contributed by atoms with Crippen molar-refractivity contribution < 1.29 is 9.53 Å². The molecule has 0 fully saturated rings. The van der Waals surface area contributed by atoms with Crippen LogP contribution in [0.25, 0.3) is 0 Å². The number of aromatic nitrogens is 1. The second-order valence-electron chi connectivity index (χ2n) is 3.11. The zero-order valence-electron chi connectivity index (χ0n) is 8.74. The second-order valence-corrected chi connectivity index (χ2v) is 3.52. The number of anilines is 2. The van der Waals surface area contributed by atoms with E-state index in [-0.39, 0.29) is 16.4 Å². The van der Waals surface area contributed by atoms with Gasteiger partial charge >= 0.3 is 5.97 Å². The van der Waals surface area contributed by atoms with E-state index in [1.54, 1.807) is 25.1 Å². The van der Waals surface area contributed by atoms with E-state index in [0.29, 0.717) is 5.82 Å². The summed E-state index contributed by atoms with van der Waals surface area (Å²) >= 11 is 5.90. The number of halogens is 1. The molecule has 0 radical (unpaired) electrons. The van der Waals surface area contributed by atoms with Crippen molar-refractivity contribution in [3.8, 4) is 0 Å². The highest BCUT2D eigenvalue weighted by Crippen LogP contribution is 2.25. The lowest BCUT2D eigenvalue weighted by molar-refractivity contribution is 0.0602. The van der Waals surface area contributed by atoms with E-state index in [2.05, 4.69) is 9.72 Å². The Morgan fingerprint density at radius 1 is 1.60 bits per heavy atom. The standard InChI is InChI=1S/C9H12ClN3O2/c1-13(2)6-4-5(10)7(8(11)12-6)9(14)15-3/h4H,1-3H3,(H2,11,12). The molecule has 0 unspecified atom stereocenters. The number of hydrogen-bond donors (Lipinski definition) is 1. The molecule has 2 N–H and O–H groups in total. The normalized spacial score (nSPS) is 9.87. The van der Waals surface area contributed by atoms with Crippen LogP contribution >= 0.6 is 11.6 Å². The molecule has 1 aromatic rings. The molecule has 1 rings (SSSR count). The molecule has 0 saturated carbocycles. The summed E-state index contributed by atoms with van der Waals surface area (Å²) in [6.45, 7) is 0. The molecule has 1 heterocycles. The largest absolute Gasteiger partial charge is 0.465 e. The zero-order chi connectivity index (χ0) is 11.6. The maximum absolute atomic E-state index is 11.3. The predicted octanol–water partition coefficient (Wildman–Crippen LogP) is 1.17. The van der Waals surface area contributed by atoms with E-state index in [1.807, 2.05) is 0 Å². The van der Waals surface area contributed by atoms with Gasteiger partial charge in [0.1, 0.15) is 17.2 Å². The van der Waals surface area contributed by atoms with Gasteiger partial charge in [-0.3, -0.25) is 0 Å². The Labute approximate surface area is 92.8 Å². The number of carbonyl (C=O) groups excluding carboxylic acids is 1. The Kier molecular flexibility index (Phi) is 3.36. The van der Waals surface area contributed by atoms with Crippen LogP contribution in [0.3, 0.4) is 0 Å². The number of nitrogens with zero attached hydrogens (tertiary/aromatic N) is 2. The third-order valence-electron chi connectivity index (χ3n) is 1.83. The van der Waals surface area contributed by atoms with Crippen molar-refractivity contribution in [1.82, 2.24) is 4.98 Å². The van der Waals surface area contributed by atoms with Crippen LogP contribution in [0.2, 0.25) is 5.02 Å². The number of carbonyl (C=O) groups is 1. The molecule has 1 aromatic heterocycles. The predicted molar refractivity (Wildman–Crippen MR) is 59.3 cm³/mol. The minimum atomic E-state index is -0.588. The Morgan fingerprint density at radius 3 is 2.60 bits per heavy atom. The van der Waals surface area contributed by atoms with Gasteiger partial charge in [-0.25, -0.2) is 9.78 Å². The number of ether oxygens (including phenoxy) is 1. The molecular formula is C9H12ClN3O2. The van der Waals surface area contributed by atoms with E-state index < -0.39 is 5.97 Å². The number of nitrogen functional groups attached to an aromatic ring is 1. The minimum Gasteiger partial charge on any atom is -0.465 e. The van der Waals surface area contributed by atoms with Gasteiger partial charge in [-0.15, -0.1) is 0 Å². The first-order chi connectivity index (χ1) is 6.97. The molecule has 5 nitrogen and oxygen atoms in total. The SMILES string of the molecule is COC(=O)c1c(Cl)cc(N(C)C)nc1N. The summed E-state index contributed by atoms with van der Waals surface area (Å²) in [6, 6.07) is 1.56. The number of rotatable bonds is 2. The number of nitrogens with two attached hydrogens (primary N) is 1. The van der Waals surface area contributed by atoms with Gasteiger partial charge in [0.15, 0.2) is 0 Å². The van der Waals surface area contributed by atoms with E-state index >= 15 is 0 Å². The molecular weight excluding hydrogens is 218 g/mol. The van der Waals surface area contributed by atoms with Crippen molar-refractivity contribution >= 4 is 29.2 Å². The van der Waals surface area contributed by atoms with Crippen LogP contribution in [-0.2, 0) is 4.74 Å². The van der Waals surface area contributed by atoms with Crippen molar-refractivity contribution in [3.05, 3.63) is 16.7 Å². The van der Waals surface area contributed by atoms with Gasteiger partial charge in [0.2, 0.25) is 0 Å².